The fraction of sp³-hybridized carbons (Fsp3) is 0.125. The van der Waals surface area contributed by atoms with Crippen LogP contribution in [0.2, 0.25) is 0 Å². The Bertz CT molecular complexity index is 1340. The normalized spacial score (nSPS) is 13.9. The zero-order valence-electron chi connectivity index (χ0n) is 20.9. The van der Waals surface area contributed by atoms with Crippen molar-refractivity contribution in [1.82, 2.24) is 0 Å². The lowest BCUT2D eigenvalue weighted by atomic mass is 10.2. The van der Waals surface area contributed by atoms with E-state index < -0.39 is 0 Å². The van der Waals surface area contributed by atoms with Gasteiger partial charge in [0.25, 0.3) is 0 Å². The van der Waals surface area contributed by atoms with Gasteiger partial charge in [-0.25, -0.2) is 0 Å². The molecule has 1 aliphatic heterocycles. The van der Waals surface area contributed by atoms with Crippen LogP contribution in [0.5, 0.6) is 0 Å². The summed E-state index contributed by atoms with van der Waals surface area (Å²) in [5.74, 6) is 0. The van der Waals surface area contributed by atoms with Crippen LogP contribution in [0.1, 0.15) is 33.4 Å². The van der Waals surface area contributed by atoms with Crippen LogP contribution in [0, 0.1) is 27.7 Å². The predicted molar refractivity (Wildman–Crippen MR) is 165 cm³/mol. The van der Waals surface area contributed by atoms with Crippen LogP contribution in [0.4, 0.5) is 0 Å². The zero-order valence-corrected chi connectivity index (χ0v) is 24.1. The third-order valence-corrected chi connectivity index (χ3v) is 11.6. The van der Waals surface area contributed by atoms with Crippen LogP contribution >= 0.6 is 47.0 Å². The summed E-state index contributed by atoms with van der Waals surface area (Å²) in [6, 6.07) is 35.2. The van der Waals surface area contributed by atoms with E-state index in [1.165, 1.54) is 61.5 Å². The molecule has 0 atom stereocenters. The molecule has 0 unspecified atom stereocenters. The van der Waals surface area contributed by atoms with Crippen LogP contribution in [0.3, 0.4) is 0 Å². The van der Waals surface area contributed by atoms with Crippen LogP contribution in [0.15, 0.2) is 115 Å². The van der Waals surface area contributed by atoms with Crippen LogP contribution in [-0.2, 0) is 0 Å². The van der Waals surface area contributed by atoms with Gasteiger partial charge < -0.3 is 0 Å². The van der Waals surface area contributed by atoms with Crippen LogP contribution < -0.4 is 0 Å². The molecule has 0 saturated heterocycles. The maximum Gasteiger partial charge on any atom is 0.0645 e. The highest BCUT2D eigenvalue weighted by Gasteiger charge is 2.27. The molecule has 0 saturated carbocycles. The maximum atomic E-state index is 2.31. The Morgan fingerprint density at radius 1 is 0.472 bits per heavy atom. The summed E-state index contributed by atoms with van der Waals surface area (Å²) in [5.41, 5.74) is 7.77. The Balaban J connectivity index is 1.63. The highest BCUT2D eigenvalue weighted by molar-refractivity contribution is 8.34. The van der Waals surface area contributed by atoms with E-state index >= 15 is 0 Å². The van der Waals surface area contributed by atoms with Crippen LogP contribution in [0.25, 0.3) is 9.81 Å². The lowest BCUT2D eigenvalue weighted by Gasteiger charge is -2.25. The average Bonchev–Trinajstić information content (AvgIpc) is 2.90. The highest BCUT2D eigenvalue weighted by atomic mass is 32.2. The summed E-state index contributed by atoms with van der Waals surface area (Å²) >= 11 is 7.63. The van der Waals surface area contributed by atoms with Gasteiger partial charge in [0.15, 0.2) is 0 Å². The van der Waals surface area contributed by atoms with Crippen molar-refractivity contribution < 1.29 is 0 Å². The summed E-state index contributed by atoms with van der Waals surface area (Å²) in [5, 5.41) is 0. The smallest absolute Gasteiger partial charge is 0.0645 e. The average molecular weight is 541 g/mol. The Morgan fingerprint density at radius 2 is 0.861 bits per heavy atom. The van der Waals surface area contributed by atoms with E-state index in [1.807, 2.05) is 47.0 Å². The molecule has 0 fully saturated rings. The van der Waals surface area contributed by atoms with Gasteiger partial charge in [-0.15, -0.1) is 0 Å². The second-order valence-electron chi connectivity index (χ2n) is 8.91. The molecule has 4 aromatic rings. The minimum absolute atomic E-state index is 1.27. The highest BCUT2D eigenvalue weighted by Crippen LogP contribution is 2.61. The monoisotopic (exact) mass is 540 g/mol. The zero-order chi connectivity index (χ0) is 25.1. The number of aryl methyl sites for hydroxylation is 4. The Morgan fingerprint density at radius 3 is 1.25 bits per heavy atom. The molecule has 0 nitrogen and oxygen atoms in total. The van der Waals surface area contributed by atoms with Gasteiger partial charge in [-0.05, 0) is 73.2 Å². The van der Waals surface area contributed by atoms with Crippen molar-refractivity contribution in [3.8, 4) is 0 Å². The first-order valence-corrected chi connectivity index (χ1v) is 15.2. The van der Waals surface area contributed by atoms with Crippen molar-refractivity contribution in [2.45, 2.75) is 37.5 Å². The third kappa shape index (κ3) is 5.84. The number of hydrogen-bond acceptors (Lipinski definition) is 4. The van der Waals surface area contributed by atoms with Crippen molar-refractivity contribution in [3.63, 3.8) is 0 Å². The lowest BCUT2D eigenvalue weighted by molar-refractivity contribution is 1.26. The quantitative estimate of drug-likeness (QED) is 0.238. The maximum absolute atomic E-state index is 2.31. The standard InChI is InChI=1S/C32H28S4/c1-21-15-17-23(3)27(19-21)33-31-29(25-11-7-5-8-12-25)36-32(30(35-31)26-13-9-6-10-14-26)34-28-20-22(2)16-18-24(28)4/h5-20H,1-4H3. The van der Waals surface area contributed by atoms with E-state index in [2.05, 4.69) is 125 Å². The molecular weight excluding hydrogens is 513 g/mol. The number of rotatable bonds is 6. The SMILES string of the molecule is Cc1ccc(C)c(SC2=C(c3ccccc3)SC(Sc3cc(C)ccc3C)=C(c3ccccc3)S2)c1. The third-order valence-electron chi connectivity index (χ3n) is 5.92. The van der Waals surface area contributed by atoms with Crippen molar-refractivity contribution in [2.75, 3.05) is 0 Å². The fourth-order valence-corrected chi connectivity index (χ4v) is 9.47. The largest absolute Gasteiger partial charge is 0.0812 e. The van der Waals surface area contributed by atoms with Gasteiger partial charge >= 0.3 is 0 Å². The Hall–Kier alpha value is -2.24. The van der Waals surface area contributed by atoms with E-state index in [4.69, 9.17) is 0 Å². The second-order valence-corrected chi connectivity index (χ2v) is 13.6. The van der Waals surface area contributed by atoms with Gasteiger partial charge in [-0.2, -0.15) is 0 Å². The topological polar surface area (TPSA) is 0 Å². The van der Waals surface area contributed by atoms with Gasteiger partial charge in [0.1, 0.15) is 0 Å². The van der Waals surface area contributed by atoms with E-state index in [0.717, 1.165) is 0 Å². The molecule has 180 valence electrons. The van der Waals surface area contributed by atoms with Gasteiger partial charge in [0.2, 0.25) is 0 Å². The van der Waals surface area contributed by atoms with E-state index in [-0.39, 0.29) is 0 Å². The fourth-order valence-electron chi connectivity index (χ4n) is 3.86. The second kappa shape index (κ2) is 11.4. The molecule has 5 rings (SSSR count). The summed E-state index contributed by atoms with van der Waals surface area (Å²) in [6.07, 6.45) is 0. The van der Waals surface area contributed by atoms with E-state index in [0.29, 0.717) is 0 Å². The molecule has 4 aromatic carbocycles. The molecule has 4 heteroatoms. The van der Waals surface area contributed by atoms with Gasteiger partial charge in [0.05, 0.1) is 8.47 Å². The number of hydrogen-bond donors (Lipinski definition) is 0. The van der Waals surface area contributed by atoms with Gasteiger partial charge in [-0.3, -0.25) is 0 Å². The molecule has 0 amide bonds. The summed E-state index contributed by atoms with van der Waals surface area (Å²) in [7, 11) is 0. The Kier molecular flexibility index (Phi) is 8.07. The first-order valence-electron chi connectivity index (χ1n) is 11.9. The first kappa shape index (κ1) is 25.4. The predicted octanol–water partition coefficient (Wildman–Crippen LogP) is 10.9. The van der Waals surface area contributed by atoms with Crippen molar-refractivity contribution in [1.29, 1.82) is 0 Å². The minimum atomic E-state index is 1.27. The molecule has 0 aromatic heterocycles. The van der Waals surface area contributed by atoms with E-state index in [1.54, 1.807) is 0 Å². The molecule has 1 heterocycles. The van der Waals surface area contributed by atoms with Gasteiger partial charge in [0, 0.05) is 19.6 Å². The van der Waals surface area contributed by atoms with Crippen molar-refractivity contribution in [2.24, 2.45) is 0 Å². The van der Waals surface area contributed by atoms with Crippen molar-refractivity contribution in [3.05, 3.63) is 139 Å². The number of benzene rings is 4. The van der Waals surface area contributed by atoms with Crippen molar-refractivity contribution >= 4 is 56.9 Å². The minimum Gasteiger partial charge on any atom is -0.0812 e. The molecule has 0 N–H and O–H groups in total. The molecule has 1 aliphatic rings. The summed E-state index contributed by atoms with van der Waals surface area (Å²) in [6.45, 7) is 8.77. The molecule has 0 bridgehead atoms. The molecule has 0 aliphatic carbocycles. The lowest BCUT2D eigenvalue weighted by Crippen LogP contribution is -1.95. The van der Waals surface area contributed by atoms with Crippen LogP contribution in [-0.4, -0.2) is 0 Å². The molecule has 0 spiro atoms. The summed E-state index contributed by atoms with van der Waals surface area (Å²) in [4.78, 5) is 5.31. The van der Waals surface area contributed by atoms with Gasteiger partial charge in [-0.1, -0.05) is 132 Å². The Labute approximate surface area is 232 Å². The molecule has 0 radical (unpaired) electrons. The van der Waals surface area contributed by atoms with E-state index in [9.17, 15) is 0 Å². The molecule has 36 heavy (non-hydrogen) atoms. The number of thioether (sulfide) groups is 4. The molecular formula is C32H28S4. The first-order chi connectivity index (χ1) is 17.5. The summed E-state index contributed by atoms with van der Waals surface area (Å²) < 4.78 is 2.67.